The van der Waals surface area contributed by atoms with Crippen molar-refractivity contribution in [2.24, 2.45) is 0 Å². The maximum absolute atomic E-state index is 12.2. The van der Waals surface area contributed by atoms with E-state index in [4.69, 9.17) is 9.47 Å². The Hall–Kier alpha value is -1.53. The van der Waals surface area contributed by atoms with Crippen LogP contribution in [0.1, 0.15) is 54.8 Å². The fourth-order valence-corrected chi connectivity index (χ4v) is 2.34. The highest BCUT2D eigenvalue weighted by Crippen LogP contribution is 2.28. The van der Waals surface area contributed by atoms with Gasteiger partial charge < -0.3 is 14.8 Å². The summed E-state index contributed by atoms with van der Waals surface area (Å²) in [7, 11) is 1.64. The van der Waals surface area contributed by atoms with Gasteiger partial charge in [0.15, 0.2) is 11.5 Å². The van der Waals surface area contributed by atoms with Gasteiger partial charge in [-0.1, -0.05) is 6.92 Å². The van der Waals surface area contributed by atoms with Gasteiger partial charge in [0.2, 0.25) is 0 Å². The fraction of sp³-hybridized carbons (Fsp3) is 0.667. The molecule has 116 valence electrons. The zero-order valence-corrected chi connectivity index (χ0v) is 13.2. The minimum atomic E-state index is -0.596. The minimum absolute atomic E-state index is 0.329. The first-order valence-electron chi connectivity index (χ1n) is 7.39. The molecule has 1 aromatic heterocycles. The van der Waals surface area contributed by atoms with Crippen molar-refractivity contribution in [3.8, 4) is 0 Å². The molecule has 1 unspecified atom stereocenters. The van der Waals surface area contributed by atoms with E-state index in [-0.39, 0.29) is 0 Å². The van der Waals surface area contributed by atoms with Crippen LogP contribution in [0.25, 0.3) is 0 Å². The summed E-state index contributed by atoms with van der Waals surface area (Å²) in [4.78, 5) is 21.3. The molecule has 0 aromatic carbocycles. The van der Waals surface area contributed by atoms with E-state index < -0.39 is 11.6 Å². The summed E-state index contributed by atoms with van der Waals surface area (Å²) in [5, 5.41) is 3.25. The monoisotopic (exact) mass is 293 g/mol. The van der Waals surface area contributed by atoms with E-state index in [0.29, 0.717) is 24.7 Å². The van der Waals surface area contributed by atoms with E-state index in [2.05, 4.69) is 15.3 Å². The second kappa shape index (κ2) is 6.49. The maximum atomic E-state index is 12.2. The molecule has 1 atom stereocenters. The van der Waals surface area contributed by atoms with Gasteiger partial charge in [-0.2, -0.15) is 0 Å². The molecule has 0 spiro atoms. The lowest BCUT2D eigenvalue weighted by Crippen LogP contribution is -2.33. The Morgan fingerprint density at radius 1 is 1.38 bits per heavy atom. The van der Waals surface area contributed by atoms with E-state index >= 15 is 0 Å². The molecule has 0 bridgehead atoms. The Labute approximate surface area is 125 Å². The standard InChI is InChI=1S/C15H23N3O3/c1-5-15(3,20-4)14-17-11-7-8-16-9-10(11)12(18-14)13(19)21-6-2/h16H,5-9H2,1-4H3. The van der Waals surface area contributed by atoms with E-state index in [0.717, 1.165) is 30.6 Å². The normalized spacial score (nSPS) is 17.0. The Kier molecular flexibility index (Phi) is 4.90. The molecule has 6 nitrogen and oxygen atoms in total. The summed E-state index contributed by atoms with van der Waals surface area (Å²) in [5.74, 6) is 0.159. The van der Waals surface area contributed by atoms with Crippen LogP contribution in [0.15, 0.2) is 0 Å². The molecule has 1 N–H and O–H groups in total. The lowest BCUT2D eigenvalue weighted by Gasteiger charge is -2.27. The summed E-state index contributed by atoms with van der Waals surface area (Å²) in [6, 6.07) is 0. The number of hydrogen-bond donors (Lipinski definition) is 1. The first kappa shape index (κ1) is 15.9. The molecular weight excluding hydrogens is 270 g/mol. The van der Waals surface area contributed by atoms with Crippen molar-refractivity contribution in [3.63, 3.8) is 0 Å². The Bertz CT molecular complexity index is 527. The minimum Gasteiger partial charge on any atom is -0.461 e. The van der Waals surface area contributed by atoms with Crippen LogP contribution in [-0.4, -0.2) is 36.2 Å². The molecule has 0 amide bonds. The van der Waals surface area contributed by atoms with Crippen LogP contribution in [0.2, 0.25) is 0 Å². The van der Waals surface area contributed by atoms with Crippen LogP contribution in [0, 0.1) is 0 Å². The number of nitrogens with one attached hydrogen (secondary N) is 1. The number of ether oxygens (including phenoxy) is 2. The van der Waals surface area contributed by atoms with Crippen molar-refractivity contribution in [1.82, 2.24) is 15.3 Å². The van der Waals surface area contributed by atoms with Crippen LogP contribution in [0.3, 0.4) is 0 Å². The lowest BCUT2D eigenvalue weighted by molar-refractivity contribution is -0.00952. The van der Waals surface area contributed by atoms with E-state index in [9.17, 15) is 4.79 Å². The quantitative estimate of drug-likeness (QED) is 0.831. The van der Waals surface area contributed by atoms with Crippen molar-refractivity contribution >= 4 is 5.97 Å². The average molecular weight is 293 g/mol. The highest BCUT2D eigenvalue weighted by atomic mass is 16.5. The van der Waals surface area contributed by atoms with Crippen molar-refractivity contribution in [1.29, 1.82) is 0 Å². The smallest absolute Gasteiger partial charge is 0.357 e. The Morgan fingerprint density at radius 2 is 2.14 bits per heavy atom. The van der Waals surface area contributed by atoms with Gasteiger partial charge in [-0.3, -0.25) is 0 Å². The summed E-state index contributed by atoms with van der Waals surface area (Å²) in [6.07, 6.45) is 1.50. The first-order valence-corrected chi connectivity index (χ1v) is 7.39. The molecule has 21 heavy (non-hydrogen) atoms. The van der Waals surface area contributed by atoms with Gasteiger partial charge in [0.25, 0.3) is 0 Å². The van der Waals surface area contributed by atoms with Crippen LogP contribution < -0.4 is 5.32 Å². The van der Waals surface area contributed by atoms with Crippen molar-refractivity contribution in [2.45, 2.75) is 45.8 Å². The number of carbonyl (C=O) groups excluding carboxylic acids is 1. The number of fused-ring (bicyclic) bond motifs is 1. The number of esters is 1. The molecular formula is C15H23N3O3. The van der Waals surface area contributed by atoms with Gasteiger partial charge in [-0.25, -0.2) is 14.8 Å². The third-order valence-electron chi connectivity index (χ3n) is 4.00. The third kappa shape index (κ3) is 3.06. The molecule has 0 aliphatic carbocycles. The molecule has 0 saturated heterocycles. The average Bonchev–Trinajstić information content (AvgIpc) is 2.53. The summed E-state index contributed by atoms with van der Waals surface area (Å²) >= 11 is 0. The molecule has 0 fully saturated rings. The Morgan fingerprint density at radius 3 is 2.76 bits per heavy atom. The first-order chi connectivity index (χ1) is 10.1. The number of methoxy groups -OCH3 is 1. The lowest BCUT2D eigenvalue weighted by atomic mass is 9.99. The summed E-state index contributed by atoms with van der Waals surface area (Å²) in [5.41, 5.74) is 1.53. The second-order valence-corrected chi connectivity index (χ2v) is 5.26. The second-order valence-electron chi connectivity index (χ2n) is 5.26. The van der Waals surface area contributed by atoms with Crippen LogP contribution in [0.5, 0.6) is 0 Å². The van der Waals surface area contributed by atoms with Gasteiger partial charge in [0.1, 0.15) is 5.60 Å². The molecule has 0 saturated carbocycles. The van der Waals surface area contributed by atoms with Crippen LogP contribution in [0.4, 0.5) is 0 Å². The topological polar surface area (TPSA) is 73.3 Å². The molecule has 1 aliphatic rings. The SMILES string of the molecule is CCOC(=O)c1nc(C(C)(CC)OC)nc2c1CNCC2. The Balaban J connectivity index is 2.54. The van der Waals surface area contributed by atoms with Gasteiger partial charge in [0.05, 0.1) is 12.3 Å². The van der Waals surface area contributed by atoms with Crippen molar-refractivity contribution < 1.29 is 14.3 Å². The van der Waals surface area contributed by atoms with E-state index in [1.54, 1.807) is 14.0 Å². The zero-order valence-electron chi connectivity index (χ0n) is 13.2. The summed E-state index contributed by atoms with van der Waals surface area (Å²) in [6.45, 7) is 7.51. The third-order valence-corrected chi connectivity index (χ3v) is 4.00. The number of nitrogens with zero attached hydrogens (tertiary/aromatic N) is 2. The largest absolute Gasteiger partial charge is 0.461 e. The predicted molar refractivity (Wildman–Crippen MR) is 78.1 cm³/mol. The van der Waals surface area contributed by atoms with Gasteiger partial charge in [0, 0.05) is 32.2 Å². The maximum Gasteiger partial charge on any atom is 0.357 e. The van der Waals surface area contributed by atoms with E-state index in [1.165, 1.54) is 0 Å². The molecule has 1 aromatic rings. The van der Waals surface area contributed by atoms with Gasteiger partial charge in [-0.15, -0.1) is 0 Å². The molecule has 2 heterocycles. The number of carbonyl (C=O) groups is 1. The van der Waals surface area contributed by atoms with Crippen LogP contribution >= 0.6 is 0 Å². The number of rotatable bonds is 5. The fourth-order valence-electron chi connectivity index (χ4n) is 2.34. The van der Waals surface area contributed by atoms with Crippen molar-refractivity contribution in [3.05, 3.63) is 22.8 Å². The number of hydrogen-bond acceptors (Lipinski definition) is 6. The molecule has 0 radical (unpaired) electrons. The zero-order chi connectivity index (χ0) is 15.5. The van der Waals surface area contributed by atoms with Gasteiger partial charge in [-0.05, 0) is 20.3 Å². The highest BCUT2D eigenvalue weighted by molar-refractivity contribution is 5.89. The highest BCUT2D eigenvalue weighted by Gasteiger charge is 2.32. The predicted octanol–water partition coefficient (Wildman–Crippen LogP) is 1.57. The van der Waals surface area contributed by atoms with Crippen LogP contribution in [-0.2, 0) is 28.0 Å². The summed E-state index contributed by atoms with van der Waals surface area (Å²) < 4.78 is 10.7. The number of aromatic nitrogens is 2. The molecule has 6 heteroatoms. The van der Waals surface area contributed by atoms with E-state index in [1.807, 2.05) is 13.8 Å². The molecule has 2 rings (SSSR count). The molecule has 1 aliphatic heterocycles. The van der Waals surface area contributed by atoms with Crippen molar-refractivity contribution in [2.75, 3.05) is 20.3 Å². The van der Waals surface area contributed by atoms with Gasteiger partial charge >= 0.3 is 5.97 Å².